The van der Waals surface area contributed by atoms with Crippen LogP contribution in [0.15, 0.2) is 16.6 Å². The van der Waals surface area contributed by atoms with Gasteiger partial charge in [-0.1, -0.05) is 0 Å². The molecule has 0 saturated heterocycles. The summed E-state index contributed by atoms with van der Waals surface area (Å²) in [5.41, 5.74) is 0.206. The van der Waals surface area contributed by atoms with Gasteiger partial charge in [0, 0.05) is 6.21 Å². The van der Waals surface area contributed by atoms with Crippen LogP contribution in [0.25, 0.3) is 0 Å². The Bertz CT molecular complexity index is 282. The number of alkyl halides is 1. The van der Waals surface area contributed by atoms with E-state index in [0.29, 0.717) is 0 Å². The third kappa shape index (κ3) is 1.71. The first kappa shape index (κ1) is 8.93. The molecule has 0 N–H and O–H groups in total. The largest absolute Gasteiger partial charge is 0.465 e. The number of methoxy groups -OCH3 is 1. The van der Waals surface area contributed by atoms with Crippen LogP contribution in [0.3, 0.4) is 0 Å². The minimum atomic E-state index is -0.857. The average Bonchev–Trinajstić information content (AvgIpc) is 2.08. The van der Waals surface area contributed by atoms with Crippen molar-refractivity contribution in [3.8, 4) is 0 Å². The highest BCUT2D eigenvalue weighted by molar-refractivity contribution is 6.35. The Labute approximate surface area is 73.9 Å². The summed E-state index contributed by atoms with van der Waals surface area (Å²) < 4.78 is 4.40. The number of amides is 1. The maximum absolute atomic E-state index is 10.9. The summed E-state index contributed by atoms with van der Waals surface area (Å²) in [6.07, 6.45) is 2.45. The number of nitrogens with zero attached hydrogens (tertiary/aromatic N) is 1. The van der Waals surface area contributed by atoms with Crippen LogP contribution in [0.2, 0.25) is 0 Å². The van der Waals surface area contributed by atoms with Gasteiger partial charge in [0.1, 0.15) is 5.38 Å². The van der Waals surface area contributed by atoms with Crippen LogP contribution in [0.4, 0.5) is 0 Å². The molecule has 0 aromatic carbocycles. The fraction of sp³-hybridized carbons (Fsp3) is 0.286. The van der Waals surface area contributed by atoms with Gasteiger partial charge in [0.2, 0.25) is 0 Å². The lowest BCUT2D eigenvalue weighted by atomic mass is 10.2. The lowest BCUT2D eigenvalue weighted by Gasteiger charge is -2.06. The summed E-state index contributed by atoms with van der Waals surface area (Å²) in [6.45, 7) is 0. The SMILES string of the molecule is COC(=O)C1=CC(Cl)C(=O)N=C1. The highest BCUT2D eigenvalue weighted by Gasteiger charge is 2.19. The molecule has 1 amide bonds. The van der Waals surface area contributed by atoms with Gasteiger partial charge in [0.15, 0.2) is 0 Å². The third-order valence-corrected chi connectivity index (χ3v) is 1.63. The van der Waals surface area contributed by atoms with E-state index in [1.54, 1.807) is 0 Å². The van der Waals surface area contributed by atoms with Crippen molar-refractivity contribution in [2.45, 2.75) is 5.38 Å². The molecule has 0 aromatic heterocycles. The minimum absolute atomic E-state index is 0.206. The zero-order valence-electron chi connectivity index (χ0n) is 6.28. The topological polar surface area (TPSA) is 55.7 Å². The Hall–Kier alpha value is -1.16. The Morgan fingerprint density at radius 2 is 2.42 bits per heavy atom. The van der Waals surface area contributed by atoms with Crippen molar-refractivity contribution < 1.29 is 14.3 Å². The van der Waals surface area contributed by atoms with Crippen LogP contribution >= 0.6 is 11.6 Å². The van der Waals surface area contributed by atoms with Crippen molar-refractivity contribution in [3.05, 3.63) is 11.6 Å². The van der Waals surface area contributed by atoms with Gasteiger partial charge in [-0.2, -0.15) is 0 Å². The Balaban J connectivity index is 2.83. The molecule has 1 aliphatic rings. The summed E-state index contributed by atoms with van der Waals surface area (Å²) in [6, 6.07) is 0. The number of hydrogen-bond donors (Lipinski definition) is 0. The number of aliphatic imine (C=N–C) groups is 1. The molecule has 1 aliphatic heterocycles. The molecule has 4 nitrogen and oxygen atoms in total. The molecule has 0 spiro atoms. The van der Waals surface area contributed by atoms with Crippen LogP contribution < -0.4 is 0 Å². The van der Waals surface area contributed by atoms with Gasteiger partial charge in [-0.05, 0) is 6.08 Å². The Morgan fingerprint density at radius 1 is 1.75 bits per heavy atom. The highest BCUT2D eigenvalue weighted by atomic mass is 35.5. The van der Waals surface area contributed by atoms with Crippen LogP contribution in [0.1, 0.15) is 0 Å². The van der Waals surface area contributed by atoms with Crippen molar-refractivity contribution in [2.75, 3.05) is 7.11 Å². The zero-order chi connectivity index (χ0) is 9.14. The van der Waals surface area contributed by atoms with Crippen molar-refractivity contribution in [1.82, 2.24) is 0 Å². The molecule has 12 heavy (non-hydrogen) atoms. The van der Waals surface area contributed by atoms with E-state index >= 15 is 0 Å². The minimum Gasteiger partial charge on any atom is -0.465 e. The van der Waals surface area contributed by atoms with Gasteiger partial charge >= 0.3 is 5.97 Å². The predicted molar refractivity (Wildman–Crippen MR) is 43.2 cm³/mol. The molecule has 1 heterocycles. The van der Waals surface area contributed by atoms with E-state index in [0.717, 1.165) is 6.21 Å². The maximum atomic E-state index is 10.9. The monoisotopic (exact) mass is 187 g/mol. The fourth-order valence-electron chi connectivity index (χ4n) is 0.715. The molecule has 0 bridgehead atoms. The number of halogens is 1. The Kier molecular flexibility index (Phi) is 2.60. The maximum Gasteiger partial charge on any atom is 0.339 e. The second kappa shape index (κ2) is 3.49. The van der Waals surface area contributed by atoms with Gasteiger partial charge in [-0.3, -0.25) is 4.79 Å². The lowest BCUT2D eigenvalue weighted by Crippen LogP contribution is -2.19. The van der Waals surface area contributed by atoms with Gasteiger partial charge < -0.3 is 4.74 Å². The molecule has 0 aliphatic carbocycles. The summed E-state index contributed by atoms with van der Waals surface area (Å²) >= 11 is 5.52. The van der Waals surface area contributed by atoms with E-state index in [2.05, 4.69) is 9.73 Å². The molecule has 1 rings (SSSR count). The molecule has 1 unspecified atom stereocenters. The smallest absolute Gasteiger partial charge is 0.339 e. The van der Waals surface area contributed by atoms with Gasteiger partial charge in [-0.15, -0.1) is 11.6 Å². The molecule has 0 fully saturated rings. The Morgan fingerprint density at radius 3 is 2.92 bits per heavy atom. The first-order valence-corrected chi connectivity index (χ1v) is 3.61. The average molecular weight is 188 g/mol. The predicted octanol–water partition coefficient (Wildman–Crippen LogP) is 0.304. The molecular formula is C7H6ClNO3. The molecule has 64 valence electrons. The summed E-state index contributed by atoms with van der Waals surface area (Å²) in [7, 11) is 1.25. The standard InChI is InChI=1S/C7H6ClNO3/c1-12-7(11)4-2-5(8)6(10)9-3-4/h2-3,5H,1H3. The van der Waals surface area contributed by atoms with Gasteiger partial charge in [0.25, 0.3) is 5.91 Å². The molecular weight excluding hydrogens is 182 g/mol. The van der Waals surface area contributed by atoms with E-state index in [-0.39, 0.29) is 5.57 Å². The number of ether oxygens (including phenoxy) is 1. The first-order chi connectivity index (χ1) is 5.65. The zero-order valence-corrected chi connectivity index (χ0v) is 7.04. The van der Waals surface area contributed by atoms with E-state index in [9.17, 15) is 9.59 Å². The number of rotatable bonds is 1. The van der Waals surface area contributed by atoms with Gasteiger partial charge in [0.05, 0.1) is 12.7 Å². The van der Waals surface area contributed by atoms with Crippen LogP contribution in [0.5, 0.6) is 0 Å². The van der Waals surface area contributed by atoms with E-state index in [4.69, 9.17) is 11.6 Å². The number of carbonyl (C=O) groups excluding carboxylic acids is 2. The number of dihydropyridines is 1. The number of esters is 1. The van der Waals surface area contributed by atoms with E-state index in [1.165, 1.54) is 13.2 Å². The van der Waals surface area contributed by atoms with E-state index in [1.807, 2.05) is 0 Å². The summed E-state index contributed by atoms with van der Waals surface area (Å²) in [4.78, 5) is 25.0. The summed E-state index contributed by atoms with van der Waals surface area (Å²) in [5.74, 6) is -1.01. The molecule has 5 heteroatoms. The normalized spacial score (nSPS) is 22.0. The van der Waals surface area contributed by atoms with Crippen molar-refractivity contribution in [3.63, 3.8) is 0 Å². The molecule has 1 atom stereocenters. The molecule has 0 aromatic rings. The van der Waals surface area contributed by atoms with E-state index < -0.39 is 17.3 Å². The number of carbonyl (C=O) groups is 2. The highest BCUT2D eigenvalue weighted by Crippen LogP contribution is 2.10. The third-order valence-electron chi connectivity index (χ3n) is 1.31. The summed E-state index contributed by atoms with van der Waals surface area (Å²) in [5, 5.41) is -0.857. The fourth-order valence-corrected chi connectivity index (χ4v) is 0.907. The van der Waals surface area contributed by atoms with Crippen molar-refractivity contribution >= 4 is 29.7 Å². The first-order valence-electron chi connectivity index (χ1n) is 3.17. The van der Waals surface area contributed by atoms with Gasteiger partial charge in [-0.25, -0.2) is 9.79 Å². The lowest BCUT2D eigenvalue weighted by molar-refractivity contribution is -0.135. The van der Waals surface area contributed by atoms with Crippen LogP contribution in [-0.4, -0.2) is 30.6 Å². The number of hydrogen-bond acceptors (Lipinski definition) is 3. The second-order valence-corrected chi connectivity index (χ2v) is 2.58. The van der Waals surface area contributed by atoms with Crippen LogP contribution in [0, 0.1) is 0 Å². The van der Waals surface area contributed by atoms with Crippen molar-refractivity contribution in [1.29, 1.82) is 0 Å². The quantitative estimate of drug-likeness (QED) is 0.438. The molecule has 0 radical (unpaired) electrons. The van der Waals surface area contributed by atoms with Crippen LogP contribution in [-0.2, 0) is 14.3 Å². The van der Waals surface area contributed by atoms with Crippen molar-refractivity contribution in [2.24, 2.45) is 4.99 Å². The second-order valence-electron chi connectivity index (χ2n) is 2.11. The molecule has 0 saturated carbocycles.